The van der Waals surface area contributed by atoms with Crippen LogP contribution in [0.2, 0.25) is 0 Å². The molecular weight excluding hydrogens is 233 g/mol. The van der Waals surface area contributed by atoms with Gasteiger partial charge in [-0.3, -0.25) is 4.74 Å². The lowest BCUT2D eigenvalue weighted by Crippen LogP contribution is -2.29. The minimum absolute atomic E-state index is 1.11. The number of aliphatic hydroxyl groups is 1. The second-order valence-electron chi connectivity index (χ2n) is 3.66. The fourth-order valence-electron chi connectivity index (χ4n) is 0.844. The fourth-order valence-corrected chi connectivity index (χ4v) is 0.844. The van der Waals surface area contributed by atoms with Gasteiger partial charge in [-0.05, 0) is 20.8 Å². The molecule has 5 heteroatoms. The summed E-state index contributed by atoms with van der Waals surface area (Å²) in [5.74, 6) is 0. The smallest absolute Gasteiger partial charge is 0.391 e. The Bertz CT molecular complexity index is 296. The third-order valence-corrected chi connectivity index (χ3v) is 1.94. The van der Waals surface area contributed by atoms with Crippen molar-refractivity contribution in [1.29, 1.82) is 0 Å². The standard InChI is InChI=1S/C7H8.C5H9F3O2/c1-7-5-3-2-4-6-7;1-3(9)4(2)10-5(6,7)8/h2-6H,1H3;3-4,9H,1-2H3/t;3-,4-/m.1/s1. The van der Waals surface area contributed by atoms with E-state index in [0.717, 1.165) is 6.92 Å². The van der Waals surface area contributed by atoms with Crippen LogP contribution in [0.3, 0.4) is 0 Å². The molecule has 0 radical (unpaired) electrons. The monoisotopic (exact) mass is 250 g/mol. The Kier molecular flexibility index (Phi) is 6.83. The van der Waals surface area contributed by atoms with E-state index in [0.29, 0.717) is 0 Å². The summed E-state index contributed by atoms with van der Waals surface area (Å²) in [4.78, 5) is 0. The predicted molar refractivity (Wildman–Crippen MR) is 59.5 cm³/mol. The molecule has 98 valence electrons. The van der Waals surface area contributed by atoms with E-state index in [2.05, 4.69) is 23.8 Å². The molecular formula is C12H17F3O2. The SMILES string of the molecule is C[C@@H](O)[C@@H](C)OC(F)(F)F.Cc1ccccc1. The average Bonchev–Trinajstić information content (AvgIpc) is 2.17. The maximum Gasteiger partial charge on any atom is 0.522 e. The third-order valence-electron chi connectivity index (χ3n) is 1.94. The maximum atomic E-state index is 11.3. The molecule has 0 amide bonds. The Labute approximate surface area is 99.0 Å². The Balaban J connectivity index is 0.000000318. The summed E-state index contributed by atoms with van der Waals surface area (Å²) in [6, 6.07) is 10.3. The quantitative estimate of drug-likeness (QED) is 0.872. The Morgan fingerprint density at radius 1 is 1.12 bits per heavy atom. The molecule has 2 nitrogen and oxygen atoms in total. The van der Waals surface area contributed by atoms with Gasteiger partial charge in [0.05, 0.1) is 12.2 Å². The van der Waals surface area contributed by atoms with Crippen molar-refractivity contribution < 1.29 is 23.0 Å². The third kappa shape index (κ3) is 9.84. The van der Waals surface area contributed by atoms with Gasteiger partial charge in [-0.2, -0.15) is 0 Å². The molecule has 17 heavy (non-hydrogen) atoms. The highest BCUT2D eigenvalue weighted by Gasteiger charge is 2.33. The minimum atomic E-state index is -4.66. The highest BCUT2D eigenvalue weighted by atomic mass is 19.4. The molecule has 0 aliphatic carbocycles. The zero-order valence-corrected chi connectivity index (χ0v) is 10.0. The number of ether oxygens (including phenoxy) is 1. The number of aryl methyl sites for hydroxylation is 1. The normalized spacial score (nSPS) is 14.5. The highest BCUT2D eigenvalue weighted by Crippen LogP contribution is 2.19. The molecule has 1 aromatic carbocycles. The lowest BCUT2D eigenvalue weighted by Gasteiger charge is -2.16. The summed E-state index contributed by atoms with van der Waals surface area (Å²) < 4.78 is 37.4. The number of hydrogen-bond donors (Lipinski definition) is 1. The number of hydrogen-bond acceptors (Lipinski definition) is 2. The predicted octanol–water partition coefficient (Wildman–Crippen LogP) is 3.29. The van der Waals surface area contributed by atoms with E-state index in [1.807, 2.05) is 18.2 Å². The molecule has 0 bridgehead atoms. The zero-order chi connectivity index (χ0) is 13.5. The fraction of sp³-hybridized carbons (Fsp3) is 0.500. The van der Waals surface area contributed by atoms with Gasteiger partial charge >= 0.3 is 6.36 Å². The summed E-state index contributed by atoms with van der Waals surface area (Å²) in [7, 11) is 0. The van der Waals surface area contributed by atoms with Crippen molar-refractivity contribution in [2.45, 2.75) is 39.3 Å². The van der Waals surface area contributed by atoms with Crippen LogP contribution in [0.4, 0.5) is 13.2 Å². The van der Waals surface area contributed by atoms with Crippen LogP contribution in [0.25, 0.3) is 0 Å². The second-order valence-corrected chi connectivity index (χ2v) is 3.66. The van der Waals surface area contributed by atoms with E-state index in [1.54, 1.807) is 0 Å². The van der Waals surface area contributed by atoms with Crippen molar-refractivity contribution in [2.24, 2.45) is 0 Å². The van der Waals surface area contributed by atoms with Crippen molar-refractivity contribution in [3.05, 3.63) is 35.9 Å². The van der Waals surface area contributed by atoms with Crippen molar-refractivity contribution >= 4 is 0 Å². The van der Waals surface area contributed by atoms with Crippen LogP contribution in [0.5, 0.6) is 0 Å². The Morgan fingerprint density at radius 3 is 1.76 bits per heavy atom. The highest BCUT2D eigenvalue weighted by molar-refractivity contribution is 5.11. The van der Waals surface area contributed by atoms with E-state index in [-0.39, 0.29) is 0 Å². The molecule has 0 fully saturated rings. The number of rotatable bonds is 2. The zero-order valence-electron chi connectivity index (χ0n) is 10.0. The van der Waals surface area contributed by atoms with Gasteiger partial charge in [0.25, 0.3) is 0 Å². The Hall–Kier alpha value is -1.07. The van der Waals surface area contributed by atoms with E-state index < -0.39 is 18.6 Å². The van der Waals surface area contributed by atoms with E-state index in [4.69, 9.17) is 5.11 Å². The average molecular weight is 250 g/mol. The van der Waals surface area contributed by atoms with Crippen molar-refractivity contribution in [2.75, 3.05) is 0 Å². The second kappa shape index (κ2) is 7.29. The van der Waals surface area contributed by atoms with Crippen molar-refractivity contribution in [3.8, 4) is 0 Å². The minimum Gasteiger partial charge on any atom is -0.391 e. The van der Waals surface area contributed by atoms with Crippen LogP contribution in [-0.4, -0.2) is 23.7 Å². The molecule has 1 N–H and O–H groups in total. The van der Waals surface area contributed by atoms with E-state index in [9.17, 15) is 13.2 Å². The largest absolute Gasteiger partial charge is 0.522 e. The molecule has 0 heterocycles. The van der Waals surface area contributed by atoms with Gasteiger partial charge in [0, 0.05) is 0 Å². The summed E-state index contributed by atoms with van der Waals surface area (Å²) in [6.45, 7) is 4.47. The molecule has 0 aliphatic heterocycles. The van der Waals surface area contributed by atoms with Crippen LogP contribution in [0.15, 0.2) is 30.3 Å². The number of aliphatic hydroxyl groups excluding tert-OH is 1. The van der Waals surface area contributed by atoms with Gasteiger partial charge in [0.1, 0.15) is 0 Å². The molecule has 0 aliphatic rings. The van der Waals surface area contributed by atoms with Crippen LogP contribution in [0, 0.1) is 6.92 Å². The van der Waals surface area contributed by atoms with Crippen molar-refractivity contribution in [1.82, 2.24) is 0 Å². The molecule has 0 unspecified atom stereocenters. The van der Waals surface area contributed by atoms with E-state index in [1.165, 1.54) is 12.5 Å². The Morgan fingerprint density at radius 2 is 1.59 bits per heavy atom. The van der Waals surface area contributed by atoms with Gasteiger partial charge in [-0.1, -0.05) is 35.9 Å². The van der Waals surface area contributed by atoms with Crippen LogP contribution in [-0.2, 0) is 4.74 Å². The topological polar surface area (TPSA) is 29.5 Å². The number of benzene rings is 1. The first-order valence-electron chi connectivity index (χ1n) is 5.16. The number of halogens is 3. The number of alkyl halides is 3. The van der Waals surface area contributed by atoms with Gasteiger partial charge in [-0.15, -0.1) is 13.2 Å². The van der Waals surface area contributed by atoms with Gasteiger partial charge in [0.15, 0.2) is 0 Å². The molecule has 0 spiro atoms. The lowest BCUT2D eigenvalue weighted by molar-refractivity contribution is -0.347. The molecule has 1 aromatic rings. The van der Waals surface area contributed by atoms with Crippen LogP contribution >= 0.6 is 0 Å². The molecule has 0 saturated carbocycles. The van der Waals surface area contributed by atoms with Gasteiger partial charge in [-0.25, -0.2) is 0 Å². The summed E-state index contributed by atoms with van der Waals surface area (Å²) in [5, 5.41) is 8.56. The maximum absolute atomic E-state index is 11.3. The first kappa shape index (κ1) is 15.9. The summed E-state index contributed by atoms with van der Waals surface area (Å²) >= 11 is 0. The molecule has 2 atom stereocenters. The molecule has 0 saturated heterocycles. The van der Waals surface area contributed by atoms with Crippen LogP contribution < -0.4 is 0 Å². The van der Waals surface area contributed by atoms with E-state index >= 15 is 0 Å². The first-order chi connectivity index (χ1) is 7.72. The van der Waals surface area contributed by atoms with Crippen LogP contribution in [0.1, 0.15) is 19.4 Å². The molecule has 1 rings (SSSR count). The van der Waals surface area contributed by atoms with Gasteiger partial charge in [0.2, 0.25) is 0 Å². The van der Waals surface area contributed by atoms with Gasteiger partial charge < -0.3 is 5.11 Å². The van der Waals surface area contributed by atoms with Crippen molar-refractivity contribution in [3.63, 3.8) is 0 Å². The summed E-state index contributed by atoms with van der Waals surface area (Å²) in [5.41, 5.74) is 1.32. The summed E-state index contributed by atoms with van der Waals surface area (Å²) in [6.07, 6.45) is -6.97. The molecule has 0 aromatic heterocycles. The first-order valence-corrected chi connectivity index (χ1v) is 5.16. The lowest BCUT2D eigenvalue weighted by atomic mass is 10.2.